The lowest BCUT2D eigenvalue weighted by atomic mass is 9.99. The van der Waals surface area contributed by atoms with Gasteiger partial charge in [-0.05, 0) is 12.8 Å². The summed E-state index contributed by atoms with van der Waals surface area (Å²) in [7, 11) is 0. The van der Waals surface area contributed by atoms with Crippen LogP contribution < -0.4 is 5.32 Å². The van der Waals surface area contributed by atoms with Gasteiger partial charge in [-0.2, -0.15) is 0 Å². The topological polar surface area (TPSA) is 89.8 Å². The first-order valence-corrected chi connectivity index (χ1v) is 25.3. The molecule has 0 aliphatic rings. The Morgan fingerprint density at radius 2 is 0.618 bits per heavy atom. The summed E-state index contributed by atoms with van der Waals surface area (Å²) in [4.78, 5) is 12.5. The summed E-state index contributed by atoms with van der Waals surface area (Å²) >= 11 is 0. The van der Waals surface area contributed by atoms with Crippen molar-refractivity contribution in [2.45, 2.75) is 308 Å². The molecule has 0 heterocycles. The Bertz CT molecular complexity index is 733. The number of aliphatic hydroxyl groups excluding tert-OH is 3. The summed E-state index contributed by atoms with van der Waals surface area (Å²) < 4.78 is 0. The molecule has 330 valence electrons. The SMILES string of the molecule is CCCCCCCCCCCCCCCCCCCCCCCCCCCCC(=O)N[C@@H](CO)[C@H](O)[C@H](O)CCCCCCCCCCCCCCCCC. The Balaban J connectivity index is 3.50. The summed E-state index contributed by atoms with van der Waals surface area (Å²) in [6.07, 6.45) is 53.8. The van der Waals surface area contributed by atoms with E-state index in [9.17, 15) is 20.1 Å². The molecule has 0 bridgehead atoms. The van der Waals surface area contributed by atoms with Crippen molar-refractivity contribution in [1.82, 2.24) is 5.32 Å². The molecular formula is C50H101NO4. The van der Waals surface area contributed by atoms with E-state index >= 15 is 0 Å². The van der Waals surface area contributed by atoms with Gasteiger partial charge in [-0.15, -0.1) is 0 Å². The fraction of sp³-hybridized carbons (Fsp3) is 0.980. The second-order valence-corrected chi connectivity index (χ2v) is 17.7. The third kappa shape index (κ3) is 41.3. The lowest BCUT2D eigenvalue weighted by Gasteiger charge is -2.26. The van der Waals surface area contributed by atoms with Crippen LogP contribution in [-0.2, 0) is 4.79 Å². The second-order valence-electron chi connectivity index (χ2n) is 17.7. The number of amides is 1. The van der Waals surface area contributed by atoms with Crippen LogP contribution in [-0.4, -0.2) is 46.1 Å². The maximum Gasteiger partial charge on any atom is 0.220 e. The van der Waals surface area contributed by atoms with Crippen LogP contribution in [0.4, 0.5) is 0 Å². The van der Waals surface area contributed by atoms with Gasteiger partial charge >= 0.3 is 0 Å². The van der Waals surface area contributed by atoms with E-state index in [2.05, 4.69) is 19.2 Å². The van der Waals surface area contributed by atoms with Crippen molar-refractivity contribution in [1.29, 1.82) is 0 Å². The fourth-order valence-corrected chi connectivity index (χ4v) is 8.28. The normalized spacial score (nSPS) is 13.3. The van der Waals surface area contributed by atoms with E-state index in [1.807, 2.05) is 0 Å². The van der Waals surface area contributed by atoms with Crippen LogP contribution in [0.5, 0.6) is 0 Å². The van der Waals surface area contributed by atoms with Gasteiger partial charge in [0.25, 0.3) is 0 Å². The standard InChI is InChI=1S/C50H101NO4/c1-3-5-7-9-11-13-15-17-19-20-21-22-23-24-25-26-27-28-29-31-33-35-37-39-41-43-45-49(54)51-47(46-52)50(55)48(53)44-42-40-38-36-34-32-30-18-16-14-12-10-8-6-4-2/h47-48,50,52-53,55H,3-46H2,1-2H3,(H,51,54)/t47-,48+,50-/m0/s1. The number of carbonyl (C=O) groups is 1. The minimum absolute atomic E-state index is 0.137. The van der Waals surface area contributed by atoms with E-state index in [1.165, 1.54) is 231 Å². The van der Waals surface area contributed by atoms with Crippen molar-refractivity contribution in [3.63, 3.8) is 0 Å². The highest BCUT2D eigenvalue weighted by atomic mass is 16.3. The molecule has 0 radical (unpaired) electrons. The van der Waals surface area contributed by atoms with E-state index in [4.69, 9.17) is 0 Å². The molecule has 0 aromatic rings. The van der Waals surface area contributed by atoms with Crippen LogP contribution in [0, 0.1) is 0 Å². The van der Waals surface area contributed by atoms with Gasteiger partial charge in [-0.1, -0.05) is 271 Å². The highest BCUT2D eigenvalue weighted by Gasteiger charge is 2.26. The summed E-state index contributed by atoms with van der Waals surface area (Å²) in [6, 6.07) is -0.803. The minimum Gasteiger partial charge on any atom is -0.394 e. The first-order chi connectivity index (χ1) is 27.1. The van der Waals surface area contributed by atoms with Gasteiger partial charge in [0, 0.05) is 6.42 Å². The van der Waals surface area contributed by atoms with E-state index < -0.39 is 18.2 Å². The monoisotopic (exact) mass is 780 g/mol. The highest BCUT2D eigenvalue weighted by molar-refractivity contribution is 5.76. The summed E-state index contributed by atoms with van der Waals surface area (Å²) in [5.74, 6) is -0.137. The average molecular weight is 780 g/mol. The Morgan fingerprint density at radius 3 is 0.873 bits per heavy atom. The Hall–Kier alpha value is -0.650. The first-order valence-electron chi connectivity index (χ1n) is 25.3. The van der Waals surface area contributed by atoms with Gasteiger partial charge in [0.1, 0.15) is 6.10 Å². The lowest BCUT2D eigenvalue weighted by Crippen LogP contribution is -2.50. The molecule has 0 spiro atoms. The maximum atomic E-state index is 12.5. The summed E-state index contributed by atoms with van der Waals surface area (Å²) in [5.41, 5.74) is 0. The molecule has 0 aliphatic carbocycles. The molecule has 0 aromatic carbocycles. The molecule has 55 heavy (non-hydrogen) atoms. The lowest BCUT2D eigenvalue weighted by molar-refractivity contribution is -0.124. The second kappa shape index (κ2) is 46.0. The molecule has 0 saturated heterocycles. The fourth-order valence-electron chi connectivity index (χ4n) is 8.28. The smallest absolute Gasteiger partial charge is 0.220 e. The predicted molar refractivity (Wildman–Crippen MR) is 241 cm³/mol. The highest BCUT2D eigenvalue weighted by Crippen LogP contribution is 2.18. The molecule has 0 aromatic heterocycles. The van der Waals surface area contributed by atoms with Gasteiger partial charge in [0.2, 0.25) is 5.91 Å². The number of hydrogen-bond acceptors (Lipinski definition) is 4. The molecule has 1 amide bonds. The molecule has 4 N–H and O–H groups in total. The van der Waals surface area contributed by atoms with Crippen molar-refractivity contribution in [2.24, 2.45) is 0 Å². The number of hydrogen-bond donors (Lipinski definition) is 4. The molecule has 3 atom stereocenters. The van der Waals surface area contributed by atoms with Crippen LogP contribution in [0.25, 0.3) is 0 Å². The quantitative estimate of drug-likeness (QED) is 0.0463. The maximum absolute atomic E-state index is 12.5. The van der Waals surface area contributed by atoms with Crippen molar-refractivity contribution >= 4 is 5.91 Å². The zero-order valence-electron chi connectivity index (χ0n) is 37.6. The van der Waals surface area contributed by atoms with Crippen LogP contribution in [0.15, 0.2) is 0 Å². The Morgan fingerprint density at radius 1 is 0.382 bits per heavy atom. The molecule has 5 heteroatoms. The van der Waals surface area contributed by atoms with Crippen molar-refractivity contribution in [2.75, 3.05) is 6.61 Å². The molecule has 0 unspecified atom stereocenters. The van der Waals surface area contributed by atoms with Crippen molar-refractivity contribution < 1.29 is 20.1 Å². The molecular weight excluding hydrogens is 679 g/mol. The van der Waals surface area contributed by atoms with E-state index in [1.54, 1.807) is 0 Å². The van der Waals surface area contributed by atoms with Crippen LogP contribution in [0.3, 0.4) is 0 Å². The number of nitrogens with one attached hydrogen (secondary N) is 1. The molecule has 0 fully saturated rings. The summed E-state index contributed by atoms with van der Waals surface area (Å²) in [6.45, 7) is 4.21. The number of unbranched alkanes of at least 4 members (excludes halogenated alkanes) is 39. The molecule has 0 aliphatic heterocycles. The zero-order chi connectivity index (χ0) is 40.1. The largest absolute Gasteiger partial charge is 0.394 e. The van der Waals surface area contributed by atoms with Gasteiger partial charge in [0.05, 0.1) is 18.8 Å². The van der Waals surface area contributed by atoms with E-state index in [-0.39, 0.29) is 12.5 Å². The van der Waals surface area contributed by atoms with Crippen molar-refractivity contribution in [3.8, 4) is 0 Å². The summed E-state index contributed by atoms with van der Waals surface area (Å²) in [5, 5.41) is 33.6. The molecule has 5 nitrogen and oxygen atoms in total. The first kappa shape index (κ1) is 54.3. The average Bonchev–Trinajstić information content (AvgIpc) is 3.19. The third-order valence-corrected chi connectivity index (χ3v) is 12.2. The van der Waals surface area contributed by atoms with Gasteiger partial charge in [-0.3, -0.25) is 4.79 Å². The van der Waals surface area contributed by atoms with E-state index in [0.29, 0.717) is 12.8 Å². The number of aliphatic hydroxyl groups is 3. The van der Waals surface area contributed by atoms with Gasteiger partial charge in [-0.25, -0.2) is 0 Å². The molecule has 0 rings (SSSR count). The number of carbonyl (C=O) groups excluding carboxylic acids is 1. The van der Waals surface area contributed by atoms with Gasteiger partial charge in [0.15, 0.2) is 0 Å². The van der Waals surface area contributed by atoms with E-state index in [0.717, 1.165) is 32.1 Å². The number of rotatable bonds is 47. The third-order valence-electron chi connectivity index (χ3n) is 12.2. The predicted octanol–water partition coefficient (Wildman–Crippen LogP) is 15.0. The Labute approximate surface area is 345 Å². The Kier molecular flexibility index (Phi) is 45.5. The van der Waals surface area contributed by atoms with Crippen LogP contribution >= 0.6 is 0 Å². The van der Waals surface area contributed by atoms with Crippen LogP contribution in [0.2, 0.25) is 0 Å². The molecule has 0 saturated carbocycles. The van der Waals surface area contributed by atoms with Gasteiger partial charge < -0.3 is 20.6 Å². The van der Waals surface area contributed by atoms with Crippen molar-refractivity contribution in [3.05, 3.63) is 0 Å². The zero-order valence-corrected chi connectivity index (χ0v) is 37.6. The minimum atomic E-state index is -1.13. The van der Waals surface area contributed by atoms with Crippen LogP contribution in [0.1, 0.15) is 290 Å².